The summed E-state index contributed by atoms with van der Waals surface area (Å²) in [7, 11) is 0. The van der Waals surface area contributed by atoms with Crippen LogP contribution in [0.25, 0.3) is 6.08 Å². The van der Waals surface area contributed by atoms with Gasteiger partial charge in [0.25, 0.3) is 6.43 Å². The predicted molar refractivity (Wildman–Crippen MR) is 74.3 cm³/mol. The molecule has 0 saturated carbocycles. The molecule has 1 rings (SSSR count). The van der Waals surface area contributed by atoms with Crippen LogP contribution in [0.2, 0.25) is 0 Å². The number of carboxylic acids is 1. The summed E-state index contributed by atoms with van der Waals surface area (Å²) < 4.78 is 28.2. The van der Waals surface area contributed by atoms with E-state index in [4.69, 9.17) is 5.11 Å². The van der Waals surface area contributed by atoms with E-state index >= 15 is 0 Å². The molecule has 1 heterocycles. The molecule has 0 fully saturated rings. The van der Waals surface area contributed by atoms with Crippen LogP contribution in [0.3, 0.4) is 0 Å². The zero-order chi connectivity index (χ0) is 15.7. The molecule has 0 radical (unpaired) electrons. The number of aliphatic carboxylic acids is 1. The fourth-order valence-electron chi connectivity index (χ4n) is 1.34. The van der Waals surface area contributed by atoms with Crippen LogP contribution in [-0.4, -0.2) is 36.6 Å². The molecule has 0 bridgehead atoms. The Labute approximate surface area is 124 Å². The SMILES string of the molecule is O=C(O)/C=C/c1ccc(CNC(=O)CCOCC(F)F)s1. The van der Waals surface area contributed by atoms with Gasteiger partial charge in [0.15, 0.2) is 0 Å². The number of alkyl halides is 2. The molecule has 116 valence electrons. The Kier molecular flexibility index (Phi) is 7.55. The van der Waals surface area contributed by atoms with E-state index in [9.17, 15) is 18.4 Å². The Morgan fingerprint density at radius 2 is 2.19 bits per heavy atom. The van der Waals surface area contributed by atoms with Gasteiger partial charge in [0.2, 0.25) is 5.91 Å². The van der Waals surface area contributed by atoms with E-state index in [-0.39, 0.29) is 18.9 Å². The first-order valence-electron chi connectivity index (χ1n) is 6.09. The molecule has 0 saturated heterocycles. The van der Waals surface area contributed by atoms with Crippen molar-refractivity contribution in [3.05, 3.63) is 28.0 Å². The van der Waals surface area contributed by atoms with Crippen molar-refractivity contribution < 1.29 is 28.2 Å². The third-order valence-electron chi connectivity index (χ3n) is 2.25. The number of nitrogens with one attached hydrogen (secondary N) is 1. The third kappa shape index (κ3) is 8.16. The fourth-order valence-corrected chi connectivity index (χ4v) is 2.20. The molecule has 0 aliphatic rings. The quantitative estimate of drug-likeness (QED) is 0.540. The van der Waals surface area contributed by atoms with Gasteiger partial charge in [0.1, 0.15) is 6.61 Å². The van der Waals surface area contributed by atoms with Crippen molar-refractivity contribution in [3.8, 4) is 0 Å². The smallest absolute Gasteiger partial charge is 0.328 e. The van der Waals surface area contributed by atoms with Gasteiger partial charge in [-0.1, -0.05) is 0 Å². The minimum atomic E-state index is -2.53. The number of thiophene rings is 1. The van der Waals surface area contributed by atoms with Crippen LogP contribution in [0.4, 0.5) is 8.78 Å². The van der Waals surface area contributed by atoms with Crippen molar-refractivity contribution in [2.75, 3.05) is 13.2 Å². The van der Waals surface area contributed by atoms with Gasteiger partial charge in [0.05, 0.1) is 13.2 Å². The monoisotopic (exact) mass is 319 g/mol. The van der Waals surface area contributed by atoms with E-state index in [0.29, 0.717) is 6.54 Å². The Morgan fingerprint density at radius 1 is 1.43 bits per heavy atom. The zero-order valence-corrected chi connectivity index (χ0v) is 11.9. The normalized spacial score (nSPS) is 11.2. The molecule has 0 atom stereocenters. The second-order valence-electron chi connectivity index (χ2n) is 3.97. The average Bonchev–Trinajstić information content (AvgIpc) is 2.87. The summed E-state index contributed by atoms with van der Waals surface area (Å²) in [6, 6.07) is 3.52. The van der Waals surface area contributed by atoms with Crippen LogP contribution in [0, 0.1) is 0 Å². The molecular formula is C13H15F2NO4S. The summed E-state index contributed by atoms with van der Waals surface area (Å²) in [5.74, 6) is -1.32. The highest BCUT2D eigenvalue weighted by molar-refractivity contribution is 7.12. The first-order valence-corrected chi connectivity index (χ1v) is 6.91. The van der Waals surface area contributed by atoms with Crippen LogP contribution < -0.4 is 5.32 Å². The Hall–Kier alpha value is -1.80. The summed E-state index contributed by atoms with van der Waals surface area (Å²) in [6.07, 6.45) is -0.00832. The Bertz CT molecular complexity index is 502. The maximum Gasteiger partial charge on any atom is 0.328 e. The minimum Gasteiger partial charge on any atom is -0.478 e. The van der Waals surface area contributed by atoms with E-state index in [1.165, 1.54) is 17.4 Å². The summed E-state index contributed by atoms with van der Waals surface area (Å²) in [4.78, 5) is 23.4. The largest absolute Gasteiger partial charge is 0.478 e. The second-order valence-corrected chi connectivity index (χ2v) is 5.17. The van der Waals surface area contributed by atoms with Crippen molar-refractivity contribution in [1.82, 2.24) is 5.32 Å². The van der Waals surface area contributed by atoms with Gasteiger partial charge in [-0.15, -0.1) is 11.3 Å². The van der Waals surface area contributed by atoms with Crippen molar-refractivity contribution in [3.63, 3.8) is 0 Å². The molecule has 0 aliphatic heterocycles. The number of halogens is 2. The fraction of sp³-hybridized carbons (Fsp3) is 0.385. The number of rotatable bonds is 9. The molecule has 0 aromatic carbocycles. The standard InChI is InChI=1S/C13H15F2NO4S/c14-11(15)8-20-6-5-12(17)16-7-10-2-1-9(21-10)3-4-13(18)19/h1-4,11H,5-8H2,(H,16,17)(H,18,19)/b4-3+. The topological polar surface area (TPSA) is 75.6 Å². The molecule has 0 unspecified atom stereocenters. The first-order chi connectivity index (χ1) is 9.97. The molecule has 0 aliphatic carbocycles. The van der Waals surface area contributed by atoms with Gasteiger partial charge >= 0.3 is 5.97 Å². The second kappa shape index (κ2) is 9.19. The van der Waals surface area contributed by atoms with Crippen LogP contribution >= 0.6 is 11.3 Å². The van der Waals surface area contributed by atoms with Crippen LogP contribution in [0.5, 0.6) is 0 Å². The van der Waals surface area contributed by atoms with Gasteiger partial charge < -0.3 is 15.2 Å². The van der Waals surface area contributed by atoms with E-state index < -0.39 is 19.0 Å². The third-order valence-corrected chi connectivity index (χ3v) is 3.30. The minimum absolute atomic E-state index is 0.0177. The van der Waals surface area contributed by atoms with Gasteiger partial charge in [-0.05, 0) is 18.2 Å². The van der Waals surface area contributed by atoms with Crippen molar-refractivity contribution >= 4 is 29.3 Å². The Balaban J connectivity index is 2.25. The summed E-state index contributed by atoms with van der Waals surface area (Å²) in [5.41, 5.74) is 0. The molecule has 5 nitrogen and oxygen atoms in total. The van der Waals surface area contributed by atoms with Gasteiger partial charge in [0, 0.05) is 22.3 Å². The highest BCUT2D eigenvalue weighted by atomic mass is 32.1. The van der Waals surface area contributed by atoms with Crippen LogP contribution in [0.1, 0.15) is 16.2 Å². The molecule has 0 spiro atoms. The lowest BCUT2D eigenvalue weighted by atomic mass is 10.3. The lowest BCUT2D eigenvalue weighted by Crippen LogP contribution is -2.23. The highest BCUT2D eigenvalue weighted by Crippen LogP contribution is 2.17. The molecule has 2 N–H and O–H groups in total. The van der Waals surface area contributed by atoms with Crippen LogP contribution in [-0.2, 0) is 20.9 Å². The van der Waals surface area contributed by atoms with Crippen molar-refractivity contribution in [2.24, 2.45) is 0 Å². The maximum absolute atomic E-state index is 11.8. The highest BCUT2D eigenvalue weighted by Gasteiger charge is 2.05. The molecule has 1 aromatic heterocycles. The maximum atomic E-state index is 11.8. The number of carboxylic acid groups (broad SMARTS) is 1. The lowest BCUT2D eigenvalue weighted by molar-refractivity contribution is -0.131. The molecule has 1 amide bonds. The van der Waals surface area contributed by atoms with Crippen molar-refractivity contribution in [2.45, 2.75) is 19.4 Å². The predicted octanol–water partition coefficient (Wildman–Crippen LogP) is 2.13. The Morgan fingerprint density at radius 3 is 2.86 bits per heavy atom. The number of hydrogen-bond donors (Lipinski definition) is 2. The van der Waals surface area contributed by atoms with Crippen LogP contribution in [0.15, 0.2) is 18.2 Å². The lowest BCUT2D eigenvalue weighted by Gasteiger charge is -2.04. The first kappa shape index (κ1) is 17.3. The van der Waals surface area contributed by atoms with E-state index in [0.717, 1.165) is 15.8 Å². The summed E-state index contributed by atoms with van der Waals surface area (Å²) in [6.45, 7) is -0.413. The van der Waals surface area contributed by atoms with E-state index in [2.05, 4.69) is 10.1 Å². The van der Waals surface area contributed by atoms with E-state index in [1.807, 2.05) is 0 Å². The van der Waals surface area contributed by atoms with Crippen molar-refractivity contribution in [1.29, 1.82) is 0 Å². The summed E-state index contributed by atoms with van der Waals surface area (Å²) in [5, 5.41) is 11.1. The molecule has 21 heavy (non-hydrogen) atoms. The molecular weight excluding hydrogens is 304 g/mol. The van der Waals surface area contributed by atoms with Gasteiger partial charge in [-0.2, -0.15) is 0 Å². The zero-order valence-electron chi connectivity index (χ0n) is 11.1. The number of ether oxygens (including phenoxy) is 1. The van der Waals surface area contributed by atoms with Gasteiger partial charge in [-0.3, -0.25) is 4.79 Å². The number of carbonyl (C=O) groups is 2. The van der Waals surface area contributed by atoms with Gasteiger partial charge in [-0.25, -0.2) is 13.6 Å². The van der Waals surface area contributed by atoms with E-state index in [1.54, 1.807) is 12.1 Å². The average molecular weight is 319 g/mol. The number of amides is 1. The summed E-state index contributed by atoms with van der Waals surface area (Å²) >= 11 is 1.35. The number of carbonyl (C=O) groups excluding carboxylic acids is 1. The number of hydrogen-bond acceptors (Lipinski definition) is 4. The molecule has 8 heteroatoms. The molecule has 1 aromatic rings.